The van der Waals surface area contributed by atoms with Gasteiger partial charge in [-0.25, -0.2) is 9.97 Å². The first kappa shape index (κ1) is 23.4. The van der Waals surface area contributed by atoms with Crippen molar-refractivity contribution in [1.29, 1.82) is 5.26 Å². The average Bonchev–Trinajstić information content (AvgIpc) is 3.40. The highest BCUT2D eigenvalue weighted by Crippen LogP contribution is 2.50. The van der Waals surface area contributed by atoms with E-state index in [-0.39, 0.29) is 25.6 Å². The van der Waals surface area contributed by atoms with Gasteiger partial charge in [-0.3, -0.25) is 4.79 Å². The van der Waals surface area contributed by atoms with E-state index >= 15 is 0 Å². The predicted octanol–water partition coefficient (Wildman–Crippen LogP) is 5.01. The van der Waals surface area contributed by atoms with Gasteiger partial charge in [0.15, 0.2) is 0 Å². The average molecular weight is 505 g/mol. The van der Waals surface area contributed by atoms with Gasteiger partial charge < -0.3 is 15.5 Å². The van der Waals surface area contributed by atoms with Gasteiger partial charge in [0.2, 0.25) is 0 Å². The lowest BCUT2D eigenvalue weighted by Gasteiger charge is -2.46. The highest BCUT2D eigenvalue weighted by Gasteiger charge is 2.49. The molecule has 1 saturated carbocycles. The van der Waals surface area contributed by atoms with Gasteiger partial charge in [0.25, 0.3) is 5.91 Å². The number of hydrogen-bond acceptors (Lipinski definition) is 7. The van der Waals surface area contributed by atoms with Crippen LogP contribution >= 0.6 is 11.3 Å². The van der Waals surface area contributed by atoms with Crippen LogP contribution in [0.1, 0.15) is 37.4 Å². The summed E-state index contributed by atoms with van der Waals surface area (Å²) in [4.78, 5) is 23.6. The number of rotatable bonds is 6. The molecule has 7 nitrogen and oxygen atoms in total. The molecule has 0 unspecified atom stereocenters. The summed E-state index contributed by atoms with van der Waals surface area (Å²) in [6, 6.07) is 11.0. The molecule has 1 aromatic carbocycles. The van der Waals surface area contributed by atoms with E-state index in [4.69, 9.17) is 5.26 Å². The number of carbonyl (C=O) groups is 1. The van der Waals surface area contributed by atoms with Gasteiger partial charge >= 0.3 is 6.18 Å². The predicted molar refractivity (Wildman–Crippen MR) is 132 cm³/mol. The Morgan fingerprint density at radius 2 is 2.06 bits per heavy atom. The molecule has 0 radical (unpaired) electrons. The maximum atomic E-state index is 12.8. The molecule has 2 aliphatic rings. The number of nitriles is 1. The van der Waals surface area contributed by atoms with Crippen LogP contribution in [-0.4, -0.2) is 47.7 Å². The Morgan fingerprint density at radius 1 is 1.29 bits per heavy atom. The Labute approximate surface area is 206 Å². The number of halogens is 3. The van der Waals surface area contributed by atoms with Crippen LogP contribution < -0.4 is 15.5 Å². The Hall–Kier alpha value is -3.39. The van der Waals surface area contributed by atoms with Crippen molar-refractivity contribution in [3.63, 3.8) is 0 Å². The molecule has 0 atom stereocenters. The smallest absolute Gasteiger partial charge is 0.382 e. The topological polar surface area (TPSA) is 93.9 Å². The summed E-state index contributed by atoms with van der Waals surface area (Å²) >= 11 is 1.08. The van der Waals surface area contributed by atoms with E-state index in [1.165, 1.54) is 6.33 Å². The zero-order valence-electron chi connectivity index (χ0n) is 18.7. The molecular weight excluding hydrogens is 477 g/mol. The molecule has 1 amide bonds. The van der Waals surface area contributed by atoms with Crippen LogP contribution in [-0.2, 0) is 6.42 Å². The summed E-state index contributed by atoms with van der Waals surface area (Å²) < 4.78 is 38.5. The molecule has 35 heavy (non-hydrogen) atoms. The van der Waals surface area contributed by atoms with Gasteiger partial charge in [0.05, 0.1) is 17.9 Å². The molecular formula is C24H27F3N6OS. The van der Waals surface area contributed by atoms with Crippen molar-refractivity contribution in [2.45, 2.75) is 37.9 Å². The highest BCUT2D eigenvalue weighted by molar-refractivity contribution is 7.18. The third-order valence-corrected chi connectivity index (χ3v) is 7.72. The number of fused-ring (bicyclic) bond motifs is 1. The Morgan fingerprint density at radius 3 is 2.77 bits per heavy atom. The first-order valence-electron chi connectivity index (χ1n) is 11.3. The number of benzene rings is 1. The van der Waals surface area contributed by atoms with Gasteiger partial charge in [-0.05, 0) is 55.0 Å². The summed E-state index contributed by atoms with van der Waals surface area (Å²) in [5, 5.41) is 15.3. The normalized spacial score (nSPS) is 21.7. The maximum absolute atomic E-state index is 12.8. The van der Waals surface area contributed by atoms with Crippen molar-refractivity contribution in [1.82, 2.24) is 15.3 Å². The first-order valence-corrected chi connectivity index (χ1v) is 12.1. The fraction of sp³-hybridized carbons (Fsp3) is 0.417. The lowest BCUT2D eigenvalue weighted by molar-refractivity contribution is -0.126. The molecule has 1 aliphatic carbocycles. The number of hydrogen-bond donors (Lipinski definition) is 2. The molecule has 3 aromatic rings. The summed E-state index contributed by atoms with van der Waals surface area (Å²) in [6.07, 6.45) is -0.767. The third kappa shape index (κ3) is 5.03. The number of amides is 1. The monoisotopic (exact) mass is 504 g/mol. The second-order valence-corrected chi connectivity index (χ2v) is 10.4. The third-order valence-electron chi connectivity index (χ3n) is 6.68. The van der Waals surface area contributed by atoms with Crippen LogP contribution in [0.15, 0.2) is 36.7 Å². The molecule has 5 rings (SSSR count). The molecule has 11 heteroatoms. The van der Waals surface area contributed by atoms with Crippen LogP contribution in [0.25, 0.3) is 10.2 Å². The van der Waals surface area contributed by atoms with Crippen LogP contribution in [0.3, 0.4) is 0 Å². The fourth-order valence-electron chi connectivity index (χ4n) is 5.14. The van der Waals surface area contributed by atoms with Gasteiger partial charge in [0, 0.05) is 38.1 Å². The largest absolute Gasteiger partial charge is 0.393 e. The molecule has 1 spiro atoms. The molecule has 2 aromatic heterocycles. The lowest BCUT2D eigenvalue weighted by Crippen LogP contribution is -2.46. The van der Waals surface area contributed by atoms with Crippen LogP contribution in [0.5, 0.6) is 0 Å². The van der Waals surface area contributed by atoms with E-state index in [2.05, 4.69) is 25.5 Å². The Kier molecular flexibility index (Phi) is 6.01. The summed E-state index contributed by atoms with van der Waals surface area (Å²) in [7, 11) is 0. The van der Waals surface area contributed by atoms with Crippen LogP contribution in [0, 0.1) is 16.7 Å². The van der Waals surface area contributed by atoms with Crippen molar-refractivity contribution in [2.24, 2.45) is 5.41 Å². The standard InChI is InChI=1S/C24H23F3N6OS.2H2/c25-24(26,27)12-18-9-19-20(30-14-31-22(19)35-18)33-8-5-23(13-33)10-17(11-23)32-16-3-1-15(2-4-16)21(34)29-7-6-28;;/h1-4,9,14,17,32H,5,7-8,10-13H2,(H,29,34);2*1H. The molecule has 0 bridgehead atoms. The van der Waals surface area contributed by atoms with Crippen molar-refractivity contribution in [3.05, 3.63) is 47.1 Å². The van der Waals surface area contributed by atoms with E-state index < -0.39 is 12.6 Å². The molecule has 2 N–H and O–H groups in total. The number of nitrogens with zero attached hydrogens (tertiary/aromatic N) is 4. The van der Waals surface area contributed by atoms with Crippen LogP contribution in [0.2, 0.25) is 0 Å². The van der Waals surface area contributed by atoms with Gasteiger partial charge in [-0.15, -0.1) is 11.3 Å². The number of anilines is 2. The van der Waals surface area contributed by atoms with Crippen molar-refractivity contribution >= 4 is 39.0 Å². The number of thiophene rings is 1. The molecule has 1 aliphatic heterocycles. The number of carbonyl (C=O) groups excluding carboxylic acids is 1. The SMILES string of the molecule is N#CCNC(=O)c1ccc(NC2CC3(CCN(c4ncnc5sc(CC(F)(F)F)cc45)C3)C2)cc1.[HH].[HH]. The number of nitrogens with one attached hydrogen (secondary N) is 2. The molecule has 186 valence electrons. The zero-order valence-corrected chi connectivity index (χ0v) is 19.5. The lowest BCUT2D eigenvalue weighted by atomic mass is 9.65. The van der Waals surface area contributed by atoms with Crippen LogP contribution in [0.4, 0.5) is 24.7 Å². The summed E-state index contributed by atoms with van der Waals surface area (Å²) in [5.74, 6) is 0.444. The molecule has 1 saturated heterocycles. The second-order valence-electron chi connectivity index (χ2n) is 9.26. The summed E-state index contributed by atoms with van der Waals surface area (Å²) in [5.41, 5.74) is 1.60. The van der Waals surface area contributed by atoms with Gasteiger partial charge in [-0.2, -0.15) is 18.4 Å². The van der Waals surface area contributed by atoms with Crippen molar-refractivity contribution in [2.75, 3.05) is 29.9 Å². The van der Waals surface area contributed by atoms with Crippen molar-refractivity contribution < 1.29 is 20.8 Å². The first-order chi connectivity index (χ1) is 16.7. The van der Waals surface area contributed by atoms with Gasteiger partial charge in [0.1, 0.15) is 23.5 Å². The fourth-order valence-corrected chi connectivity index (χ4v) is 6.16. The summed E-state index contributed by atoms with van der Waals surface area (Å²) in [6.45, 7) is 1.61. The van der Waals surface area contributed by atoms with E-state index in [1.54, 1.807) is 18.2 Å². The molecule has 3 heterocycles. The quantitative estimate of drug-likeness (QED) is 0.458. The zero-order chi connectivity index (χ0) is 24.6. The number of alkyl halides is 3. The minimum absolute atomic E-state index is 0. The Balaban J connectivity index is 0.00000190. The minimum atomic E-state index is -4.25. The van der Waals surface area contributed by atoms with E-state index in [1.807, 2.05) is 18.2 Å². The van der Waals surface area contributed by atoms with E-state index in [0.717, 1.165) is 55.2 Å². The van der Waals surface area contributed by atoms with E-state index in [9.17, 15) is 18.0 Å². The maximum Gasteiger partial charge on any atom is 0.393 e. The van der Waals surface area contributed by atoms with Gasteiger partial charge in [-0.1, -0.05) is 0 Å². The Bertz CT molecular complexity index is 1290. The van der Waals surface area contributed by atoms with E-state index in [0.29, 0.717) is 21.8 Å². The highest BCUT2D eigenvalue weighted by atomic mass is 32.1. The minimum Gasteiger partial charge on any atom is -0.382 e. The second kappa shape index (κ2) is 9.00. The molecule has 2 fully saturated rings. The number of aromatic nitrogens is 2. The van der Waals surface area contributed by atoms with Crippen molar-refractivity contribution in [3.8, 4) is 6.07 Å².